The van der Waals surface area contributed by atoms with E-state index in [1.165, 1.54) is 6.21 Å². The number of para-hydroxylation sites is 1. The minimum absolute atomic E-state index is 0.239. The van der Waals surface area contributed by atoms with Gasteiger partial charge in [-0.1, -0.05) is 46.3 Å². The zero-order valence-electron chi connectivity index (χ0n) is 18.9. The fourth-order valence-corrected chi connectivity index (χ4v) is 3.41. The zero-order valence-corrected chi connectivity index (χ0v) is 20.4. The molecule has 4 aromatic carbocycles. The number of esters is 1. The van der Waals surface area contributed by atoms with Crippen molar-refractivity contribution in [3.8, 4) is 5.75 Å². The molecule has 4 rings (SSSR count). The van der Waals surface area contributed by atoms with E-state index >= 15 is 0 Å². The Balaban J connectivity index is 1.35. The summed E-state index contributed by atoms with van der Waals surface area (Å²) in [5, 5.41) is 6.77. The average Bonchev–Trinajstić information content (AvgIpc) is 2.91. The van der Waals surface area contributed by atoms with Gasteiger partial charge >= 0.3 is 5.97 Å². The summed E-state index contributed by atoms with van der Waals surface area (Å²) >= 11 is 3.33. The van der Waals surface area contributed by atoms with Crippen molar-refractivity contribution < 1.29 is 19.1 Å². The molecule has 2 N–H and O–H groups in total. The van der Waals surface area contributed by atoms with E-state index in [1.54, 1.807) is 97.1 Å². The quantitative estimate of drug-likeness (QED) is 0.136. The van der Waals surface area contributed by atoms with Crippen LogP contribution in [0.1, 0.15) is 36.6 Å². The van der Waals surface area contributed by atoms with Crippen molar-refractivity contribution in [1.82, 2.24) is 5.43 Å². The molecule has 36 heavy (non-hydrogen) atoms. The third kappa shape index (κ3) is 6.52. The number of amides is 2. The van der Waals surface area contributed by atoms with Crippen LogP contribution in [-0.2, 0) is 0 Å². The molecule has 0 saturated carbocycles. The van der Waals surface area contributed by atoms with Crippen molar-refractivity contribution in [3.05, 3.63) is 130 Å². The first-order valence-electron chi connectivity index (χ1n) is 10.9. The molecule has 0 aliphatic carbocycles. The summed E-state index contributed by atoms with van der Waals surface area (Å²) < 4.78 is 6.35. The molecule has 4 aromatic rings. The molecule has 0 radical (unpaired) electrons. The van der Waals surface area contributed by atoms with E-state index in [-0.39, 0.29) is 5.91 Å². The topological polar surface area (TPSA) is 96.9 Å². The van der Waals surface area contributed by atoms with Crippen LogP contribution in [0.25, 0.3) is 0 Å². The Labute approximate surface area is 215 Å². The number of carbonyl (C=O) groups is 3. The van der Waals surface area contributed by atoms with Crippen LogP contribution < -0.4 is 15.5 Å². The highest BCUT2D eigenvalue weighted by atomic mass is 79.9. The molecule has 178 valence electrons. The van der Waals surface area contributed by atoms with Crippen molar-refractivity contribution in [3.63, 3.8) is 0 Å². The fraction of sp³-hybridized carbons (Fsp3) is 0. The van der Waals surface area contributed by atoms with E-state index in [0.29, 0.717) is 33.7 Å². The minimum Gasteiger partial charge on any atom is -0.422 e. The number of hydrogen-bond acceptors (Lipinski definition) is 5. The highest BCUT2D eigenvalue weighted by Gasteiger charge is 2.11. The van der Waals surface area contributed by atoms with Crippen molar-refractivity contribution in [2.45, 2.75) is 0 Å². The predicted octanol–water partition coefficient (Wildman–Crippen LogP) is 5.68. The molecule has 0 fully saturated rings. The van der Waals surface area contributed by atoms with E-state index < -0.39 is 11.9 Å². The number of nitrogens with zero attached hydrogens (tertiary/aromatic N) is 1. The van der Waals surface area contributed by atoms with Crippen molar-refractivity contribution in [2.24, 2.45) is 5.10 Å². The summed E-state index contributed by atoms with van der Waals surface area (Å²) in [7, 11) is 0. The molecule has 0 spiro atoms. The Kier molecular flexibility index (Phi) is 8.00. The first kappa shape index (κ1) is 24.6. The van der Waals surface area contributed by atoms with Crippen molar-refractivity contribution >= 4 is 45.6 Å². The molecule has 0 saturated heterocycles. The maximum Gasteiger partial charge on any atom is 0.343 e. The average molecular weight is 542 g/mol. The molecule has 2 amide bonds. The first-order chi connectivity index (χ1) is 17.5. The van der Waals surface area contributed by atoms with Crippen LogP contribution in [0.15, 0.2) is 113 Å². The molecular weight excluding hydrogens is 522 g/mol. The normalized spacial score (nSPS) is 10.6. The number of hydrogen-bond donors (Lipinski definition) is 2. The molecule has 0 atom stereocenters. The summed E-state index contributed by atoms with van der Waals surface area (Å²) in [6.07, 6.45) is 1.40. The minimum atomic E-state index is -0.508. The van der Waals surface area contributed by atoms with Gasteiger partial charge in [0, 0.05) is 26.9 Å². The summed E-state index contributed by atoms with van der Waals surface area (Å²) in [6, 6.07) is 28.9. The Morgan fingerprint density at radius 3 is 2.03 bits per heavy atom. The van der Waals surface area contributed by atoms with Gasteiger partial charge in [0.05, 0.1) is 11.8 Å². The molecule has 8 heteroatoms. The standard InChI is InChI=1S/C28H20BrN3O4/c29-23-14-10-21(11-15-23)28(35)36-25-9-5-4-8-22(25)18-30-32-27(34)20-12-16-24(17-13-20)31-26(33)19-6-2-1-3-7-19/h1-18H,(H,31,33)(H,32,34)/b30-18-. The van der Waals surface area contributed by atoms with Gasteiger partial charge in [0.25, 0.3) is 11.8 Å². The number of ether oxygens (including phenoxy) is 1. The second kappa shape index (κ2) is 11.7. The van der Waals surface area contributed by atoms with Crippen LogP contribution in [0.5, 0.6) is 5.75 Å². The predicted molar refractivity (Wildman–Crippen MR) is 141 cm³/mol. The first-order valence-corrected chi connectivity index (χ1v) is 11.7. The summed E-state index contributed by atoms with van der Waals surface area (Å²) in [5.74, 6) is -0.873. The monoisotopic (exact) mass is 541 g/mol. The molecule has 7 nitrogen and oxygen atoms in total. The van der Waals surface area contributed by atoms with Gasteiger partial charge in [-0.25, -0.2) is 10.2 Å². The molecule has 0 heterocycles. The number of nitrogens with one attached hydrogen (secondary N) is 2. The third-order valence-corrected chi connectivity index (χ3v) is 5.54. The van der Waals surface area contributed by atoms with Crippen LogP contribution in [0, 0.1) is 0 Å². The second-order valence-electron chi connectivity index (χ2n) is 7.53. The van der Waals surface area contributed by atoms with Crippen LogP contribution >= 0.6 is 15.9 Å². The SMILES string of the molecule is O=C(N/N=C\c1ccccc1OC(=O)c1ccc(Br)cc1)c1ccc(NC(=O)c2ccccc2)cc1. The summed E-state index contributed by atoms with van der Waals surface area (Å²) in [5.41, 5.74) is 4.83. The number of hydrazone groups is 1. The lowest BCUT2D eigenvalue weighted by atomic mass is 10.1. The Morgan fingerprint density at radius 1 is 0.694 bits per heavy atom. The van der Waals surface area contributed by atoms with E-state index in [4.69, 9.17) is 4.74 Å². The molecule has 0 bridgehead atoms. The van der Waals surface area contributed by atoms with Gasteiger partial charge in [0.1, 0.15) is 5.75 Å². The van der Waals surface area contributed by atoms with Crippen molar-refractivity contribution in [2.75, 3.05) is 5.32 Å². The molecule has 0 aliphatic heterocycles. The highest BCUT2D eigenvalue weighted by molar-refractivity contribution is 9.10. The van der Waals surface area contributed by atoms with Gasteiger partial charge in [-0.2, -0.15) is 5.10 Å². The summed E-state index contributed by atoms with van der Waals surface area (Å²) in [6.45, 7) is 0. The van der Waals surface area contributed by atoms with Gasteiger partial charge in [0.2, 0.25) is 0 Å². The van der Waals surface area contributed by atoms with E-state index in [1.807, 2.05) is 6.07 Å². The van der Waals surface area contributed by atoms with Gasteiger partial charge in [0.15, 0.2) is 0 Å². The lowest BCUT2D eigenvalue weighted by Crippen LogP contribution is -2.18. The zero-order chi connectivity index (χ0) is 25.3. The van der Waals surface area contributed by atoms with Crippen LogP contribution in [0.4, 0.5) is 5.69 Å². The second-order valence-corrected chi connectivity index (χ2v) is 8.45. The largest absolute Gasteiger partial charge is 0.422 e. The third-order valence-electron chi connectivity index (χ3n) is 5.01. The van der Waals surface area contributed by atoms with E-state index in [2.05, 4.69) is 31.8 Å². The van der Waals surface area contributed by atoms with Crippen molar-refractivity contribution in [1.29, 1.82) is 0 Å². The van der Waals surface area contributed by atoms with Gasteiger partial charge in [-0.05, 0) is 72.8 Å². The number of benzene rings is 4. The number of rotatable bonds is 7. The van der Waals surface area contributed by atoms with E-state index in [9.17, 15) is 14.4 Å². The lowest BCUT2D eigenvalue weighted by Gasteiger charge is -2.08. The molecule has 0 unspecified atom stereocenters. The Hall–Kier alpha value is -4.56. The number of halogens is 1. The fourth-order valence-electron chi connectivity index (χ4n) is 3.15. The van der Waals surface area contributed by atoms with Crippen LogP contribution in [0.2, 0.25) is 0 Å². The Morgan fingerprint density at radius 2 is 1.31 bits per heavy atom. The Bertz CT molecular complexity index is 1400. The van der Waals surface area contributed by atoms with Crippen LogP contribution in [0.3, 0.4) is 0 Å². The molecule has 0 aliphatic rings. The lowest BCUT2D eigenvalue weighted by molar-refractivity contribution is 0.0734. The number of carbonyl (C=O) groups excluding carboxylic acids is 3. The number of anilines is 1. The maximum atomic E-state index is 12.5. The smallest absolute Gasteiger partial charge is 0.343 e. The van der Waals surface area contributed by atoms with E-state index in [0.717, 1.165) is 4.47 Å². The maximum absolute atomic E-state index is 12.5. The van der Waals surface area contributed by atoms with Crippen LogP contribution in [-0.4, -0.2) is 24.0 Å². The highest BCUT2D eigenvalue weighted by Crippen LogP contribution is 2.19. The van der Waals surface area contributed by atoms with Gasteiger partial charge in [-0.3, -0.25) is 9.59 Å². The summed E-state index contributed by atoms with van der Waals surface area (Å²) in [4.78, 5) is 37.2. The van der Waals surface area contributed by atoms with Gasteiger partial charge < -0.3 is 10.1 Å². The molecular formula is C28H20BrN3O4. The molecule has 0 aromatic heterocycles. The van der Waals surface area contributed by atoms with Gasteiger partial charge in [-0.15, -0.1) is 0 Å².